The first kappa shape index (κ1) is 16.9. The van der Waals surface area contributed by atoms with E-state index in [2.05, 4.69) is 10.3 Å². The number of alkyl halides is 1. The van der Waals surface area contributed by atoms with E-state index in [0.717, 1.165) is 0 Å². The second kappa shape index (κ2) is 6.19. The molecule has 132 valence electrons. The maximum Gasteiger partial charge on any atom is 0.257 e. The number of primary amides is 1. The first-order valence-corrected chi connectivity index (χ1v) is 7.71. The zero-order valence-electron chi connectivity index (χ0n) is 13.8. The van der Waals surface area contributed by atoms with Gasteiger partial charge in [-0.3, -0.25) is 14.6 Å². The lowest BCUT2D eigenvalue weighted by Gasteiger charge is -2.15. The van der Waals surface area contributed by atoms with Crippen LogP contribution < -0.4 is 20.5 Å². The molecule has 2 heterocycles. The fourth-order valence-corrected chi connectivity index (χ4v) is 2.87. The molecule has 0 saturated carbocycles. The Kier molecular flexibility index (Phi) is 4.20. The number of halogens is 1. The highest BCUT2D eigenvalue weighted by molar-refractivity contribution is 6.01. The molecule has 0 spiro atoms. The third-order valence-electron chi connectivity index (χ3n) is 4.17. The van der Waals surface area contributed by atoms with Crippen LogP contribution in [0.5, 0.6) is 11.5 Å². The number of nitrogens with two attached hydrogens (primary N) is 1. The molecule has 2 aromatic rings. The summed E-state index contributed by atoms with van der Waals surface area (Å²) in [4.78, 5) is 27.2. The second-order valence-corrected chi connectivity index (χ2v) is 6.13. The van der Waals surface area contributed by atoms with Crippen LogP contribution in [0.15, 0.2) is 24.4 Å². The number of hydrogen-bond donors (Lipinski definition) is 2. The van der Waals surface area contributed by atoms with Gasteiger partial charge in [0.1, 0.15) is 18.1 Å². The summed E-state index contributed by atoms with van der Waals surface area (Å²) in [6, 6.07) is 4.37. The number of carbonyl (C=O) groups is 2. The quantitative estimate of drug-likeness (QED) is 0.849. The van der Waals surface area contributed by atoms with Crippen molar-refractivity contribution in [2.24, 2.45) is 5.73 Å². The van der Waals surface area contributed by atoms with Gasteiger partial charge in [0.15, 0.2) is 5.67 Å². The number of methoxy groups -OCH3 is 1. The summed E-state index contributed by atoms with van der Waals surface area (Å²) in [5.74, 6) is -0.458. The van der Waals surface area contributed by atoms with Crippen LogP contribution in [0.25, 0.3) is 10.9 Å². The maximum absolute atomic E-state index is 13.9. The van der Waals surface area contributed by atoms with Gasteiger partial charge in [0.2, 0.25) is 0 Å². The van der Waals surface area contributed by atoms with Gasteiger partial charge >= 0.3 is 0 Å². The minimum atomic E-state index is -1.88. The van der Waals surface area contributed by atoms with Crippen molar-refractivity contribution in [1.82, 2.24) is 10.3 Å². The van der Waals surface area contributed by atoms with E-state index >= 15 is 0 Å². The number of carbonyl (C=O) groups excluding carboxylic acids is 2. The van der Waals surface area contributed by atoms with Gasteiger partial charge in [-0.15, -0.1) is 0 Å². The minimum absolute atomic E-state index is 0.0456. The Hall–Kier alpha value is -2.90. The van der Waals surface area contributed by atoms with Gasteiger partial charge in [-0.2, -0.15) is 0 Å². The Labute approximate surface area is 143 Å². The molecule has 1 aliphatic heterocycles. The fraction of sp³-hybridized carbons (Fsp3) is 0.353. The van der Waals surface area contributed by atoms with Crippen LogP contribution in [0, 0.1) is 0 Å². The third-order valence-corrected chi connectivity index (χ3v) is 4.17. The molecule has 1 fully saturated rings. The first-order valence-electron chi connectivity index (χ1n) is 7.71. The number of nitrogens with one attached hydrogen (secondary N) is 1. The fourth-order valence-electron chi connectivity index (χ4n) is 2.87. The van der Waals surface area contributed by atoms with Crippen molar-refractivity contribution in [1.29, 1.82) is 0 Å². The van der Waals surface area contributed by atoms with E-state index in [0.29, 0.717) is 22.4 Å². The van der Waals surface area contributed by atoms with Gasteiger partial charge in [-0.25, -0.2) is 4.39 Å². The van der Waals surface area contributed by atoms with E-state index in [1.807, 2.05) is 0 Å². The lowest BCUT2D eigenvalue weighted by Crippen LogP contribution is -2.33. The molecule has 3 N–H and O–H groups in total. The average molecular weight is 347 g/mol. The second-order valence-electron chi connectivity index (χ2n) is 6.13. The summed E-state index contributed by atoms with van der Waals surface area (Å²) < 4.78 is 24.9. The Morgan fingerprint density at radius 3 is 2.84 bits per heavy atom. The number of hydrogen-bond acceptors (Lipinski definition) is 5. The van der Waals surface area contributed by atoms with E-state index in [1.165, 1.54) is 26.3 Å². The number of pyridine rings is 1. The first-order chi connectivity index (χ1) is 11.8. The number of fused-ring (bicyclic) bond motifs is 1. The Balaban J connectivity index is 1.87. The monoisotopic (exact) mass is 347 g/mol. The largest absolute Gasteiger partial charge is 0.496 e. The molecule has 0 radical (unpaired) electrons. The molecule has 1 aliphatic rings. The van der Waals surface area contributed by atoms with Gasteiger partial charge in [-0.1, -0.05) is 0 Å². The van der Waals surface area contributed by atoms with Gasteiger partial charge in [0.25, 0.3) is 11.8 Å². The van der Waals surface area contributed by atoms with Crippen LogP contribution in [-0.2, 0) is 4.79 Å². The van der Waals surface area contributed by atoms with E-state index in [9.17, 15) is 14.0 Å². The number of aromatic nitrogens is 1. The SMILES string of the molecule is COc1cc2c(OC[C@@H]3C[C@](C)(F)C(=O)N3)ccnc2cc1C(N)=O. The van der Waals surface area contributed by atoms with Crippen LogP contribution in [0.1, 0.15) is 23.7 Å². The summed E-state index contributed by atoms with van der Waals surface area (Å²) in [7, 11) is 1.43. The lowest BCUT2D eigenvalue weighted by molar-refractivity contribution is -0.128. The molecule has 2 atom stereocenters. The van der Waals surface area contributed by atoms with Crippen LogP contribution in [0.3, 0.4) is 0 Å². The van der Waals surface area contributed by atoms with E-state index in [4.69, 9.17) is 15.2 Å². The van der Waals surface area contributed by atoms with Gasteiger partial charge in [0.05, 0.1) is 24.2 Å². The number of nitrogens with zero attached hydrogens (tertiary/aromatic N) is 1. The van der Waals surface area contributed by atoms with Crippen LogP contribution in [-0.4, -0.2) is 42.2 Å². The smallest absolute Gasteiger partial charge is 0.257 e. The van der Waals surface area contributed by atoms with Crippen LogP contribution in [0.4, 0.5) is 4.39 Å². The minimum Gasteiger partial charge on any atom is -0.496 e. The van der Waals surface area contributed by atoms with Crippen molar-refractivity contribution in [2.45, 2.75) is 25.1 Å². The zero-order valence-corrected chi connectivity index (χ0v) is 13.8. The molecule has 2 amide bonds. The lowest BCUT2D eigenvalue weighted by atomic mass is 10.1. The summed E-state index contributed by atoms with van der Waals surface area (Å²) in [6.45, 7) is 1.37. The van der Waals surface area contributed by atoms with Gasteiger partial charge in [-0.05, 0) is 25.1 Å². The molecule has 0 bridgehead atoms. The number of benzene rings is 1. The van der Waals surface area contributed by atoms with Crippen molar-refractivity contribution in [3.63, 3.8) is 0 Å². The highest BCUT2D eigenvalue weighted by Crippen LogP contribution is 2.31. The van der Waals surface area contributed by atoms with Gasteiger partial charge < -0.3 is 20.5 Å². The predicted molar refractivity (Wildman–Crippen MR) is 88.4 cm³/mol. The normalized spacial score (nSPS) is 22.7. The summed E-state index contributed by atoms with van der Waals surface area (Å²) in [6.07, 6.45) is 1.57. The molecule has 1 aromatic carbocycles. The standard InChI is InChI=1S/C17H18FN3O4/c1-17(18)7-9(21-16(17)23)8-25-13-3-4-20-12-5-11(15(19)22)14(24-2)6-10(12)13/h3-6,9H,7-8H2,1-2H3,(H2,19,22)(H,21,23)/t9-,17-/m0/s1. The molecular formula is C17H18FN3O4. The number of ether oxygens (including phenoxy) is 2. The van der Waals surface area contributed by atoms with Crippen molar-refractivity contribution in [3.8, 4) is 11.5 Å². The molecule has 7 nitrogen and oxygen atoms in total. The molecular weight excluding hydrogens is 329 g/mol. The predicted octanol–water partition coefficient (Wildman–Crippen LogP) is 1.34. The maximum atomic E-state index is 13.9. The van der Waals surface area contributed by atoms with E-state index in [-0.39, 0.29) is 18.6 Å². The van der Waals surface area contributed by atoms with Gasteiger partial charge in [0, 0.05) is 18.0 Å². The molecule has 1 aromatic heterocycles. The Bertz CT molecular complexity index is 853. The molecule has 0 unspecified atom stereocenters. The van der Waals surface area contributed by atoms with E-state index < -0.39 is 23.5 Å². The molecule has 25 heavy (non-hydrogen) atoms. The average Bonchev–Trinajstić information content (AvgIpc) is 2.83. The van der Waals surface area contributed by atoms with Crippen LogP contribution >= 0.6 is 0 Å². The highest BCUT2D eigenvalue weighted by Gasteiger charge is 2.43. The highest BCUT2D eigenvalue weighted by atomic mass is 19.1. The summed E-state index contributed by atoms with van der Waals surface area (Å²) >= 11 is 0. The molecule has 1 saturated heterocycles. The third kappa shape index (κ3) is 3.19. The zero-order chi connectivity index (χ0) is 18.2. The van der Waals surface area contributed by atoms with Crippen molar-refractivity contribution >= 4 is 22.7 Å². The Morgan fingerprint density at radius 1 is 1.48 bits per heavy atom. The van der Waals surface area contributed by atoms with Crippen LogP contribution in [0.2, 0.25) is 0 Å². The summed E-state index contributed by atoms with van der Waals surface area (Å²) in [5, 5.41) is 3.19. The molecule has 3 rings (SSSR count). The number of rotatable bonds is 5. The van der Waals surface area contributed by atoms with Crippen molar-refractivity contribution in [2.75, 3.05) is 13.7 Å². The van der Waals surface area contributed by atoms with Crippen molar-refractivity contribution in [3.05, 3.63) is 30.0 Å². The molecule has 0 aliphatic carbocycles. The van der Waals surface area contributed by atoms with E-state index in [1.54, 1.807) is 12.1 Å². The van der Waals surface area contributed by atoms with Crippen molar-refractivity contribution < 1.29 is 23.5 Å². The molecule has 8 heteroatoms. The topological polar surface area (TPSA) is 104 Å². The summed E-state index contributed by atoms with van der Waals surface area (Å²) in [5.41, 5.74) is 4.19. The number of amides is 2. The Morgan fingerprint density at radius 2 is 2.24 bits per heavy atom.